The van der Waals surface area contributed by atoms with E-state index in [9.17, 15) is 23.4 Å². The Morgan fingerprint density at radius 3 is 2.42 bits per heavy atom. The summed E-state index contributed by atoms with van der Waals surface area (Å²) < 4.78 is 27.5. The van der Waals surface area contributed by atoms with Crippen LogP contribution in [0.1, 0.15) is 12.8 Å². The number of hydrogen-bond acceptors (Lipinski definition) is 5. The lowest BCUT2D eigenvalue weighted by Gasteiger charge is -2.34. The first-order chi connectivity index (χ1) is 12.2. The van der Waals surface area contributed by atoms with Crippen LogP contribution in [-0.2, 0) is 14.8 Å². The standard InChI is InChI=1S/C18H22N2O5S/c1-19(2)15-7-3-6-14-13(15)5-4-8-17(14)26(24,25)20-11-12(21)9-10-16(20)18(22)23/h3-8,12,16,21H,9-11H2,1-2H3,(H,22,23)/t12-,16?/m0/s1. The van der Waals surface area contributed by atoms with Crippen LogP contribution in [0.5, 0.6) is 0 Å². The molecule has 0 aliphatic carbocycles. The number of carboxylic acids is 1. The van der Waals surface area contributed by atoms with E-state index in [0.717, 1.165) is 15.4 Å². The van der Waals surface area contributed by atoms with Gasteiger partial charge < -0.3 is 15.1 Å². The number of aliphatic hydroxyl groups is 1. The van der Waals surface area contributed by atoms with Crippen LogP contribution < -0.4 is 4.90 Å². The fraction of sp³-hybridized carbons (Fsp3) is 0.389. The average molecular weight is 378 g/mol. The molecule has 8 heteroatoms. The molecule has 2 aromatic carbocycles. The van der Waals surface area contributed by atoms with Crippen molar-refractivity contribution in [3.8, 4) is 0 Å². The first kappa shape index (κ1) is 18.6. The summed E-state index contributed by atoms with van der Waals surface area (Å²) in [6.45, 7) is -0.219. The van der Waals surface area contributed by atoms with Gasteiger partial charge in [0.25, 0.3) is 0 Å². The minimum absolute atomic E-state index is 0.0547. The van der Waals surface area contributed by atoms with Gasteiger partial charge in [0.05, 0.1) is 11.0 Å². The first-order valence-corrected chi connectivity index (χ1v) is 9.79. The van der Waals surface area contributed by atoms with E-state index >= 15 is 0 Å². The number of aliphatic carboxylic acids is 1. The molecule has 0 spiro atoms. The zero-order valence-electron chi connectivity index (χ0n) is 14.7. The normalized spacial score (nSPS) is 21.7. The fourth-order valence-corrected chi connectivity index (χ4v) is 5.30. The van der Waals surface area contributed by atoms with E-state index in [0.29, 0.717) is 5.39 Å². The molecular formula is C18H22N2O5S. The number of sulfonamides is 1. The van der Waals surface area contributed by atoms with Gasteiger partial charge in [-0.05, 0) is 25.0 Å². The van der Waals surface area contributed by atoms with Gasteiger partial charge in [-0.25, -0.2) is 8.42 Å². The second-order valence-electron chi connectivity index (χ2n) is 6.68. The van der Waals surface area contributed by atoms with Crippen molar-refractivity contribution in [3.05, 3.63) is 36.4 Å². The maximum absolute atomic E-state index is 13.3. The van der Waals surface area contributed by atoms with Crippen molar-refractivity contribution in [2.24, 2.45) is 0 Å². The number of nitrogens with zero attached hydrogens (tertiary/aromatic N) is 2. The van der Waals surface area contributed by atoms with Crippen molar-refractivity contribution < 1.29 is 23.4 Å². The number of benzene rings is 2. The van der Waals surface area contributed by atoms with Crippen LogP contribution >= 0.6 is 0 Å². The highest BCUT2D eigenvalue weighted by molar-refractivity contribution is 7.89. The maximum atomic E-state index is 13.3. The van der Waals surface area contributed by atoms with Crippen LogP contribution in [0.4, 0.5) is 5.69 Å². The van der Waals surface area contributed by atoms with Crippen LogP contribution in [0.15, 0.2) is 41.3 Å². The summed E-state index contributed by atoms with van der Waals surface area (Å²) in [5.41, 5.74) is 0.869. The number of rotatable bonds is 4. The molecular weight excluding hydrogens is 356 g/mol. The zero-order valence-corrected chi connectivity index (χ0v) is 15.5. The van der Waals surface area contributed by atoms with Gasteiger partial charge in [-0.2, -0.15) is 4.31 Å². The predicted octanol–water partition coefficient (Wildman–Crippen LogP) is 1.50. The van der Waals surface area contributed by atoms with Crippen LogP contribution in [0.25, 0.3) is 10.8 Å². The van der Waals surface area contributed by atoms with Gasteiger partial charge in [0.15, 0.2) is 0 Å². The summed E-state index contributed by atoms with van der Waals surface area (Å²) >= 11 is 0. The van der Waals surface area contributed by atoms with E-state index in [1.165, 1.54) is 6.07 Å². The van der Waals surface area contributed by atoms with E-state index in [4.69, 9.17) is 0 Å². The third-order valence-corrected chi connectivity index (χ3v) is 6.66. The van der Waals surface area contributed by atoms with Crippen molar-refractivity contribution in [1.82, 2.24) is 4.31 Å². The summed E-state index contributed by atoms with van der Waals surface area (Å²) in [5.74, 6) is -1.20. The van der Waals surface area contributed by atoms with Gasteiger partial charge in [0.1, 0.15) is 6.04 Å². The topological polar surface area (TPSA) is 98.2 Å². The SMILES string of the molecule is CN(C)c1cccc2c(S(=O)(=O)N3C[C@@H](O)CCC3C(=O)O)cccc12. The number of anilines is 1. The maximum Gasteiger partial charge on any atom is 0.322 e. The van der Waals surface area contributed by atoms with Crippen molar-refractivity contribution in [2.45, 2.75) is 29.9 Å². The minimum atomic E-state index is -4.08. The number of hydrogen-bond donors (Lipinski definition) is 2. The average Bonchev–Trinajstić information content (AvgIpc) is 2.60. The van der Waals surface area contributed by atoms with Crippen molar-refractivity contribution in [3.63, 3.8) is 0 Å². The molecule has 1 saturated heterocycles. The van der Waals surface area contributed by atoms with Gasteiger partial charge in [-0.3, -0.25) is 4.79 Å². The Hall–Kier alpha value is -2.16. The largest absolute Gasteiger partial charge is 0.480 e. The molecule has 1 fully saturated rings. The minimum Gasteiger partial charge on any atom is -0.480 e. The van der Waals surface area contributed by atoms with Crippen molar-refractivity contribution >= 4 is 32.5 Å². The third kappa shape index (κ3) is 3.15. The van der Waals surface area contributed by atoms with Crippen molar-refractivity contribution in [1.29, 1.82) is 0 Å². The number of fused-ring (bicyclic) bond motifs is 1. The van der Waals surface area contributed by atoms with Gasteiger partial charge >= 0.3 is 5.97 Å². The van der Waals surface area contributed by atoms with Crippen LogP contribution in [0.3, 0.4) is 0 Å². The number of carbonyl (C=O) groups is 1. The van der Waals surface area contributed by atoms with Gasteiger partial charge in [0.2, 0.25) is 10.0 Å². The molecule has 26 heavy (non-hydrogen) atoms. The Kier molecular flexibility index (Phi) is 4.92. The summed E-state index contributed by atoms with van der Waals surface area (Å²) in [4.78, 5) is 13.5. The zero-order chi connectivity index (χ0) is 19.1. The lowest BCUT2D eigenvalue weighted by Crippen LogP contribution is -2.52. The molecule has 2 N–H and O–H groups in total. The van der Waals surface area contributed by atoms with Gasteiger partial charge in [0, 0.05) is 37.1 Å². The fourth-order valence-electron chi connectivity index (χ4n) is 3.44. The molecule has 140 valence electrons. The molecule has 1 heterocycles. The van der Waals surface area contributed by atoms with Crippen LogP contribution in [0, 0.1) is 0 Å². The molecule has 0 bridgehead atoms. The summed E-state index contributed by atoms with van der Waals surface area (Å²) in [7, 11) is -0.339. The second-order valence-corrected chi connectivity index (χ2v) is 8.54. The molecule has 1 unspecified atom stereocenters. The Balaban J connectivity index is 2.18. The Morgan fingerprint density at radius 2 is 1.77 bits per heavy atom. The molecule has 1 aliphatic heterocycles. The number of β-amino-alcohol motifs (C(OH)–C–C–N with tert-alkyl or cyclic N) is 1. The molecule has 0 radical (unpaired) electrons. The molecule has 2 atom stereocenters. The number of piperidine rings is 1. The summed E-state index contributed by atoms with van der Waals surface area (Å²) in [5, 5.41) is 20.7. The molecule has 0 aromatic heterocycles. The van der Waals surface area contributed by atoms with E-state index in [1.807, 2.05) is 31.1 Å². The number of carboxylic acid groups (broad SMARTS) is 1. The molecule has 3 rings (SSSR count). The molecule has 1 aliphatic rings. The second kappa shape index (κ2) is 6.86. The van der Waals surface area contributed by atoms with Crippen LogP contribution in [-0.4, -0.2) is 61.7 Å². The molecule has 7 nitrogen and oxygen atoms in total. The highest BCUT2D eigenvalue weighted by atomic mass is 32.2. The van der Waals surface area contributed by atoms with Crippen LogP contribution in [0.2, 0.25) is 0 Å². The quantitative estimate of drug-likeness (QED) is 0.837. The highest BCUT2D eigenvalue weighted by Gasteiger charge is 2.41. The van der Waals surface area contributed by atoms with E-state index < -0.39 is 28.1 Å². The smallest absolute Gasteiger partial charge is 0.322 e. The lowest BCUT2D eigenvalue weighted by atomic mass is 10.0. The van der Waals surface area contributed by atoms with E-state index in [-0.39, 0.29) is 24.3 Å². The Bertz CT molecular complexity index is 942. The monoisotopic (exact) mass is 378 g/mol. The van der Waals surface area contributed by atoms with E-state index in [2.05, 4.69) is 0 Å². The third-order valence-electron chi connectivity index (χ3n) is 4.72. The summed E-state index contributed by atoms with van der Waals surface area (Å²) in [6, 6.07) is 9.18. The Morgan fingerprint density at radius 1 is 1.12 bits per heavy atom. The lowest BCUT2D eigenvalue weighted by molar-refractivity contribution is -0.143. The molecule has 0 amide bonds. The van der Waals surface area contributed by atoms with Crippen molar-refractivity contribution in [2.75, 3.05) is 25.5 Å². The molecule has 2 aromatic rings. The van der Waals surface area contributed by atoms with E-state index in [1.54, 1.807) is 18.2 Å². The summed E-state index contributed by atoms with van der Waals surface area (Å²) in [6.07, 6.45) is -0.514. The van der Waals surface area contributed by atoms with Gasteiger partial charge in [-0.15, -0.1) is 0 Å². The first-order valence-electron chi connectivity index (χ1n) is 8.35. The van der Waals surface area contributed by atoms with Gasteiger partial charge in [-0.1, -0.05) is 24.3 Å². The number of aliphatic hydroxyl groups excluding tert-OH is 1. The predicted molar refractivity (Wildman–Crippen MR) is 98.8 cm³/mol. The highest BCUT2D eigenvalue weighted by Crippen LogP contribution is 2.33. The Labute approximate surface area is 152 Å². The molecule has 0 saturated carbocycles.